The van der Waals surface area contributed by atoms with Gasteiger partial charge in [-0.2, -0.15) is 25.8 Å². The van der Waals surface area contributed by atoms with Gasteiger partial charge in [-0.05, 0) is 35.9 Å². The Hall–Kier alpha value is -1.23. The topological polar surface area (TPSA) is 17.1 Å². The van der Waals surface area contributed by atoms with E-state index in [2.05, 4.69) is 12.6 Å². The van der Waals surface area contributed by atoms with Crippen LogP contribution < -0.4 is 0 Å². The molecule has 0 aliphatic carbocycles. The first-order valence-electron chi connectivity index (χ1n) is 4.92. The highest BCUT2D eigenvalue weighted by molar-refractivity contribution is 7.80. The molecule has 0 radical (unpaired) electrons. The van der Waals surface area contributed by atoms with Gasteiger partial charge in [-0.25, -0.2) is 0 Å². The molecule has 17 heavy (non-hydrogen) atoms. The Bertz CT molecular complexity index is 424. The molecule has 92 valence electrons. The molecule has 1 nitrogen and oxygen atoms in total. The van der Waals surface area contributed by atoms with Gasteiger partial charge in [0, 0.05) is 5.56 Å². The van der Waals surface area contributed by atoms with Crippen LogP contribution in [0.3, 0.4) is 0 Å². The Morgan fingerprint density at radius 2 is 1.82 bits per heavy atom. The number of hydrogen-bond acceptors (Lipinski definition) is 2. The number of carbonyl (C=O) groups is 1. The second-order valence-corrected chi connectivity index (χ2v) is 3.87. The van der Waals surface area contributed by atoms with Crippen molar-refractivity contribution in [2.45, 2.75) is 12.6 Å². The summed E-state index contributed by atoms with van der Waals surface area (Å²) in [5.41, 5.74) is -0.429. The average Bonchev–Trinajstić information content (AvgIpc) is 2.28. The van der Waals surface area contributed by atoms with Crippen molar-refractivity contribution in [3.63, 3.8) is 0 Å². The molecule has 0 fully saturated rings. The number of aldehydes is 1. The number of allylic oxidation sites excluding steroid dienone is 1. The lowest BCUT2D eigenvalue weighted by atomic mass is 10.1. The van der Waals surface area contributed by atoms with Crippen LogP contribution in [-0.2, 0) is 6.18 Å². The fourth-order valence-electron chi connectivity index (χ4n) is 1.30. The predicted octanol–water partition coefficient (Wildman–Crippen LogP) is 3.85. The van der Waals surface area contributed by atoms with Crippen LogP contribution in [-0.4, -0.2) is 12.0 Å². The van der Waals surface area contributed by atoms with Gasteiger partial charge >= 0.3 is 6.18 Å². The summed E-state index contributed by atoms with van der Waals surface area (Å²) in [5, 5.41) is 0. The lowest BCUT2D eigenvalue weighted by Gasteiger charge is -2.08. The minimum Gasteiger partial charge on any atom is -0.298 e. The average molecular weight is 260 g/mol. The maximum Gasteiger partial charge on any atom is 0.416 e. The van der Waals surface area contributed by atoms with E-state index < -0.39 is 11.7 Å². The van der Waals surface area contributed by atoms with Crippen molar-refractivity contribution >= 4 is 25.0 Å². The van der Waals surface area contributed by atoms with Crippen molar-refractivity contribution in [1.29, 1.82) is 0 Å². The minimum absolute atomic E-state index is 0.0188. The number of rotatable bonds is 4. The van der Waals surface area contributed by atoms with Gasteiger partial charge in [0.15, 0.2) is 0 Å². The highest BCUT2D eigenvalue weighted by atomic mass is 32.1. The van der Waals surface area contributed by atoms with E-state index in [1.54, 1.807) is 12.2 Å². The van der Waals surface area contributed by atoms with E-state index in [1.807, 2.05) is 0 Å². The van der Waals surface area contributed by atoms with Crippen LogP contribution in [0, 0.1) is 0 Å². The summed E-state index contributed by atoms with van der Waals surface area (Å²) in [5.74, 6) is 0.621. The Kier molecular flexibility index (Phi) is 4.81. The van der Waals surface area contributed by atoms with Crippen LogP contribution in [0.1, 0.15) is 27.9 Å². The molecule has 0 aliphatic heterocycles. The van der Waals surface area contributed by atoms with Crippen LogP contribution in [0.15, 0.2) is 24.3 Å². The van der Waals surface area contributed by atoms with E-state index in [1.165, 1.54) is 6.07 Å². The van der Waals surface area contributed by atoms with Crippen molar-refractivity contribution in [2.75, 3.05) is 5.75 Å². The molecule has 0 atom stereocenters. The number of carbonyl (C=O) groups excluding carboxylic acids is 1. The molecule has 1 rings (SSSR count). The summed E-state index contributed by atoms with van der Waals surface area (Å²) in [6, 6.07) is 3.27. The third-order valence-corrected chi connectivity index (χ3v) is 2.31. The summed E-state index contributed by atoms with van der Waals surface area (Å²) >= 11 is 3.98. The molecule has 5 heteroatoms. The Morgan fingerprint density at radius 3 is 2.35 bits per heavy atom. The van der Waals surface area contributed by atoms with Gasteiger partial charge in [-0.15, -0.1) is 0 Å². The lowest BCUT2D eigenvalue weighted by molar-refractivity contribution is -0.137. The molecule has 0 spiro atoms. The molecule has 1 aromatic carbocycles. The highest BCUT2D eigenvalue weighted by Crippen LogP contribution is 2.30. The number of alkyl halides is 3. The predicted molar refractivity (Wildman–Crippen MR) is 64.3 cm³/mol. The summed E-state index contributed by atoms with van der Waals surface area (Å²) in [6.07, 6.45) is -0.0956. The maximum absolute atomic E-state index is 12.5. The molecule has 0 saturated heterocycles. The quantitative estimate of drug-likeness (QED) is 0.642. The standard InChI is InChI=1S/C12H11F3OS/c13-12(14,15)11-6-9(3-1-2-4-17)5-10(7-11)8-16/h1,3,5-8,17H,2,4H2. The van der Waals surface area contributed by atoms with Crippen molar-refractivity contribution in [3.05, 3.63) is 41.0 Å². The first kappa shape index (κ1) is 13.8. The van der Waals surface area contributed by atoms with Crippen LogP contribution in [0.5, 0.6) is 0 Å². The second-order valence-electron chi connectivity index (χ2n) is 3.42. The largest absolute Gasteiger partial charge is 0.416 e. The normalized spacial score (nSPS) is 12.0. The van der Waals surface area contributed by atoms with Crippen LogP contribution in [0.2, 0.25) is 0 Å². The molecule has 1 aromatic rings. The summed E-state index contributed by atoms with van der Waals surface area (Å²) in [7, 11) is 0. The molecular formula is C12H11F3OS. The Morgan fingerprint density at radius 1 is 1.18 bits per heavy atom. The third-order valence-electron chi connectivity index (χ3n) is 2.05. The fourth-order valence-corrected chi connectivity index (χ4v) is 1.45. The van der Waals surface area contributed by atoms with Gasteiger partial charge in [-0.3, -0.25) is 4.79 Å². The first-order chi connectivity index (χ1) is 7.97. The molecule has 0 saturated carbocycles. The summed E-state index contributed by atoms with van der Waals surface area (Å²) < 4.78 is 37.6. The van der Waals surface area contributed by atoms with Crippen molar-refractivity contribution in [1.82, 2.24) is 0 Å². The third kappa shape index (κ3) is 4.26. The molecular weight excluding hydrogens is 249 g/mol. The smallest absolute Gasteiger partial charge is 0.298 e. The molecule has 0 amide bonds. The van der Waals surface area contributed by atoms with Crippen LogP contribution in [0.4, 0.5) is 13.2 Å². The van der Waals surface area contributed by atoms with Crippen molar-refractivity contribution in [3.8, 4) is 0 Å². The molecule has 0 aromatic heterocycles. The van der Waals surface area contributed by atoms with Crippen molar-refractivity contribution in [2.24, 2.45) is 0 Å². The maximum atomic E-state index is 12.5. The number of hydrogen-bond donors (Lipinski definition) is 1. The molecule has 0 heterocycles. The molecule has 0 N–H and O–H groups in total. The number of benzene rings is 1. The van der Waals surface area contributed by atoms with Crippen molar-refractivity contribution < 1.29 is 18.0 Å². The minimum atomic E-state index is -4.44. The second kappa shape index (κ2) is 5.91. The highest BCUT2D eigenvalue weighted by Gasteiger charge is 2.30. The molecule has 0 aliphatic rings. The molecule has 0 bridgehead atoms. The van der Waals surface area contributed by atoms with E-state index >= 15 is 0 Å². The SMILES string of the molecule is O=Cc1cc(C=CCCS)cc(C(F)(F)F)c1. The summed E-state index contributed by atoms with van der Waals surface area (Å²) in [4.78, 5) is 10.6. The van der Waals surface area contributed by atoms with Crippen LogP contribution in [0.25, 0.3) is 6.08 Å². The Labute approximate surface area is 103 Å². The van der Waals surface area contributed by atoms with Gasteiger partial charge in [0.25, 0.3) is 0 Å². The van der Waals surface area contributed by atoms with Gasteiger partial charge < -0.3 is 0 Å². The monoisotopic (exact) mass is 260 g/mol. The lowest BCUT2D eigenvalue weighted by Crippen LogP contribution is -2.06. The van der Waals surface area contributed by atoms with E-state index in [0.29, 0.717) is 24.0 Å². The zero-order valence-corrected chi connectivity index (χ0v) is 9.76. The summed E-state index contributed by atoms with van der Waals surface area (Å²) in [6.45, 7) is 0. The zero-order chi connectivity index (χ0) is 12.9. The molecule has 0 unspecified atom stereocenters. The van der Waals surface area contributed by atoms with E-state index in [0.717, 1.165) is 12.1 Å². The van der Waals surface area contributed by atoms with E-state index in [9.17, 15) is 18.0 Å². The van der Waals surface area contributed by atoms with Gasteiger partial charge in [0.05, 0.1) is 5.56 Å². The first-order valence-corrected chi connectivity index (χ1v) is 5.55. The Balaban J connectivity index is 3.10. The number of halogens is 3. The van der Waals surface area contributed by atoms with E-state index in [4.69, 9.17) is 0 Å². The fraction of sp³-hybridized carbons (Fsp3) is 0.250. The van der Waals surface area contributed by atoms with Gasteiger partial charge in [0.2, 0.25) is 0 Å². The zero-order valence-electron chi connectivity index (χ0n) is 8.87. The van der Waals surface area contributed by atoms with Crippen LogP contribution >= 0.6 is 12.6 Å². The van der Waals surface area contributed by atoms with Gasteiger partial charge in [0.1, 0.15) is 6.29 Å². The number of thiol groups is 1. The van der Waals surface area contributed by atoms with E-state index in [-0.39, 0.29) is 5.56 Å². The van der Waals surface area contributed by atoms with Gasteiger partial charge in [-0.1, -0.05) is 12.2 Å².